The fourth-order valence-corrected chi connectivity index (χ4v) is 2.83. The first-order valence-electron chi connectivity index (χ1n) is 8.68. The van der Waals surface area contributed by atoms with Crippen molar-refractivity contribution in [3.05, 3.63) is 52.6 Å². The molecule has 0 aliphatic rings. The van der Waals surface area contributed by atoms with E-state index in [1.165, 1.54) is 32.0 Å². The average molecular weight is 422 g/mol. The molecule has 10 heteroatoms. The number of rotatable bonds is 5. The van der Waals surface area contributed by atoms with E-state index in [9.17, 15) is 31.1 Å². The summed E-state index contributed by atoms with van der Waals surface area (Å²) in [7, 11) is 0. The number of carbonyl (C=O) groups excluding carboxylic acids is 1. The maximum absolute atomic E-state index is 13.6. The summed E-state index contributed by atoms with van der Waals surface area (Å²) < 4.78 is 86.7. The lowest BCUT2D eigenvalue weighted by Crippen LogP contribution is -2.39. The molecule has 4 nitrogen and oxygen atoms in total. The summed E-state index contributed by atoms with van der Waals surface area (Å²) in [6, 6.07) is 4.58. The smallest absolute Gasteiger partial charge is 0.416 e. The largest absolute Gasteiger partial charge is 0.461 e. The standard InChI is InChI=1S/C19H20F6N2O2/c1-5-29-15(28)14-11(2)27(16(26-14)17(3,4)19(23,24)25)10-12-8-6-7-9-13(12)18(20,21)22/h6-9H,5,10H2,1-4H3. The summed E-state index contributed by atoms with van der Waals surface area (Å²) in [5.74, 6) is -1.50. The van der Waals surface area contributed by atoms with Crippen molar-refractivity contribution >= 4 is 5.97 Å². The van der Waals surface area contributed by atoms with E-state index in [0.717, 1.165) is 24.5 Å². The van der Waals surface area contributed by atoms with Crippen molar-refractivity contribution in [2.45, 2.75) is 52.0 Å². The molecular formula is C19H20F6N2O2. The minimum atomic E-state index is -4.75. The van der Waals surface area contributed by atoms with Crippen LogP contribution in [0, 0.1) is 6.92 Å². The lowest BCUT2D eigenvalue weighted by atomic mass is 9.91. The maximum atomic E-state index is 13.6. The molecule has 2 aromatic rings. The van der Waals surface area contributed by atoms with Crippen LogP contribution in [0.2, 0.25) is 0 Å². The van der Waals surface area contributed by atoms with E-state index in [4.69, 9.17) is 4.74 Å². The number of hydrogen-bond donors (Lipinski definition) is 0. The van der Waals surface area contributed by atoms with E-state index < -0.39 is 41.7 Å². The molecule has 0 spiro atoms. The minimum Gasteiger partial charge on any atom is -0.461 e. The molecule has 0 atom stereocenters. The van der Waals surface area contributed by atoms with Gasteiger partial charge in [-0.3, -0.25) is 0 Å². The molecule has 2 rings (SSSR count). The quantitative estimate of drug-likeness (QED) is 0.487. The summed E-state index contributed by atoms with van der Waals surface area (Å²) in [6.45, 7) is 3.99. The highest BCUT2D eigenvalue weighted by Gasteiger charge is 2.52. The summed E-state index contributed by atoms with van der Waals surface area (Å²) >= 11 is 0. The van der Waals surface area contributed by atoms with Gasteiger partial charge in [-0.2, -0.15) is 26.3 Å². The molecule has 0 radical (unpaired) electrons. The fraction of sp³-hybridized carbons (Fsp3) is 0.474. The number of halogens is 6. The Bertz CT molecular complexity index is 897. The maximum Gasteiger partial charge on any atom is 0.416 e. The Balaban J connectivity index is 2.70. The van der Waals surface area contributed by atoms with Crippen LogP contribution in [0.15, 0.2) is 24.3 Å². The highest BCUT2D eigenvalue weighted by molar-refractivity contribution is 5.88. The van der Waals surface area contributed by atoms with Crippen molar-refractivity contribution in [3.8, 4) is 0 Å². The summed E-state index contributed by atoms with van der Waals surface area (Å²) in [4.78, 5) is 16.0. The molecule has 0 N–H and O–H groups in total. The van der Waals surface area contributed by atoms with Crippen LogP contribution in [0.5, 0.6) is 0 Å². The van der Waals surface area contributed by atoms with Gasteiger partial charge in [-0.25, -0.2) is 9.78 Å². The molecular weight excluding hydrogens is 402 g/mol. The number of ether oxygens (including phenoxy) is 1. The monoisotopic (exact) mass is 422 g/mol. The molecule has 0 saturated carbocycles. The van der Waals surface area contributed by atoms with Crippen LogP contribution in [-0.4, -0.2) is 28.3 Å². The number of esters is 1. The molecule has 0 aliphatic carbocycles. The van der Waals surface area contributed by atoms with Gasteiger partial charge in [0.1, 0.15) is 11.2 Å². The summed E-state index contributed by atoms with van der Waals surface area (Å²) in [5.41, 5.74) is -4.09. The number of carbonyl (C=O) groups is 1. The van der Waals surface area contributed by atoms with E-state index >= 15 is 0 Å². The normalized spacial score (nSPS) is 12.9. The van der Waals surface area contributed by atoms with Crippen molar-refractivity contribution in [1.82, 2.24) is 9.55 Å². The summed E-state index contributed by atoms with van der Waals surface area (Å²) in [6.07, 6.45) is -9.44. The van der Waals surface area contributed by atoms with Crippen molar-refractivity contribution in [1.29, 1.82) is 0 Å². The highest BCUT2D eigenvalue weighted by Crippen LogP contribution is 2.41. The number of hydrogen-bond acceptors (Lipinski definition) is 3. The molecule has 0 bridgehead atoms. The van der Waals surface area contributed by atoms with Crippen LogP contribution in [0.25, 0.3) is 0 Å². The lowest BCUT2D eigenvalue weighted by molar-refractivity contribution is -0.183. The molecule has 1 heterocycles. The molecule has 1 aromatic heterocycles. The molecule has 0 fully saturated rings. The average Bonchev–Trinajstić information content (AvgIpc) is 2.91. The van der Waals surface area contributed by atoms with Gasteiger partial charge in [-0.15, -0.1) is 0 Å². The van der Waals surface area contributed by atoms with Gasteiger partial charge in [0.15, 0.2) is 5.69 Å². The van der Waals surface area contributed by atoms with Crippen LogP contribution in [-0.2, 0) is 22.9 Å². The number of benzene rings is 1. The molecule has 1 aromatic carbocycles. The third-order valence-electron chi connectivity index (χ3n) is 4.61. The molecule has 0 unspecified atom stereocenters. The highest BCUT2D eigenvalue weighted by atomic mass is 19.4. The van der Waals surface area contributed by atoms with Gasteiger partial charge in [-0.1, -0.05) is 18.2 Å². The second kappa shape index (κ2) is 7.72. The van der Waals surface area contributed by atoms with Crippen molar-refractivity contribution in [2.24, 2.45) is 0 Å². The number of aromatic nitrogens is 2. The zero-order valence-electron chi connectivity index (χ0n) is 16.2. The topological polar surface area (TPSA) is 44.1 Å². The van der Waals surface area contributed by atoms with Gasteiger partial charge < -0.3 is 9.30 Å². The Morgan fingerprint density at radius 3 is 2.21 bits per heavy atom. The van der Waals surface area contributed by atoms with Gasteiger partial charge >= 0.3 is 18.3 Å². The lowest BCUT2D eigenvalue weighted by Gasteiger charge is -2.28. The van der Waals surface area contributed by atoms with Crippen LogP contribution in [0.3, 0.4) is 0 Å². The van der Waals surface area contributed by atoms with Crippen molar-refractivity contribution < 1.29 is 35.9 Å². The molecule has 0 saturated heterocycles. The SMILES string of the molecule is CCOC(=O)c1nc(C(C)(C)C(F)(F)F)n(Cc2ccccc2C(F)(F)F)c1C. The van der Waals surface area contributed by atoms with Crippen LogP contribution < -0.4 is 0 Å². The number of alkyl halides is 6. The van der Waals surface area contributed by atoms with E-state index in [-0.39, 0.29) is 23.6 Å². The summed E-state index contributed by atoms with van der Waals surface area (Å²) in [5, 5.41) is 0. The third kappa shape index (κ3) is 4.40. The molecule has 160 valence electrons. The second-order valence-electron chi connectivity index (χ2n) is 6.95. The first-order valence-corrected chi connectivity index (χ1v) is 8.68. The fourth-order valence-electron chi connectivity index (χ4n) is 2.83. The van der Waals surface area contributed by atoms with E-state index in [0.29, 0.717) is 0 Å². The van der Waals surface area contributed by atoms with Crippen molar-refractivity contribution in [3.63, 3.8) is 0 Å². The van der Waals surface area contributed by atoms with E-state index in [1.807, 2.05) is 0 Å². The van der Waals surface area contributed by atoms with Crippen LogP contribution in [0.1, 0.15) is 53.9 Å². The first kappa shape index (κ1) is 22.8. The Hall–Kier alpha value is -2.52. The van der Waals surface area contributed by atoms with E-state index in [2.05, 4.69) is 4.98 Å². The van der Waals surface area contributed by atoms with E-state index in [1.54, 1.807) is 0 Å². The number of imidazole rings is 1. The molecule has 0 amide bonds. The Labute approximate surface area is 163 Å². The van der Waals surface area contributed by atoms with Crippen LogP contribution in [0.4, 0.5) is 26.3 Å². The second-order valence-corrected chi connectivity index (χ2v) is 6.95. The minimum absolute atomic E-state index is 0.00671. The molecule has 29 heavy (non-hydrogen) atoms. The van der Waals surface area contributed by atoms with Gasteiger partial charge in [0, 0.05) is 12.2 Å². The van der Waals surface area contributed by atoms with Gasteiger partial charge in [0.2, 0.25) is 0 Å². The van der Waals surface area contributed by atoms with Gasteiger partial charge in [-0.05, 0) is 39.3 Å². The Morgan fingerprint density at radius 2 is 1.69 bits per heavy atom. The first-order chi connectivity index (χ1) is 13.2. The zero-order valence-corrected chi connectivity index (χ0v) is 16.2. The third-order valence-corrected chi connectivity index (χ3v) is 4.61. The zero-order chi connectivity index (χ0) is 22.2. The molecule has 0 aliphatic heterocycles. The van der Waals surface area contributed by atoms with Gasteiger partial charge in [0.05, 0.1) is 12.2 Å². The Kier molecular flexibility index (Phi) is 6.06. The van der Waals surface area contributed by atoms with Crippen LogP contribution >= 0.6 is 0 Å². The van der Waals surface area contributed by atoms with Crippen molar-refractivity contribution in [2.75, 3.05) is 6.61 Å². The predicted octanol–water partition coefficient (Wildman–Crippen LogP) is 5.28. The predicted molar refractivity (Wildman–Crippen MR) is 92.5 cm³/mol. The number of nitrogens with zero attached hydrogens (tertiary/aromatic N) is 2. The Morgan fingerprint density at radius 1 is 1.10 bits per heavy atom. The van der Waals surface area contributed by atoms with Gasteiger partial charge in [0.25, 0.3) is 0 Å².